The highest BCUT2D eigenvalue weighted by atomic mass is 15.7. The summed E-state index contributed by atoms with van der Waals surface area (Å²) in [6.45, 7) is 0. The lowest BCUT2D eigenvalue weighted by Gasteiger charge is -1.91. The van der Waals surface area contributed by atoms with Gasteiger partial charge in [0, 0.05) is 16.3 Å². The SMILES string of the molecule is [15NH2]c1ccc2c([15n]1)[15nH]c1ccccc12. The van der Waals surface area contributed by atoms with Crippen LogP contribution in [0.4, 0.5) is 5.82 Å². The van der Waals surface area contributed by atoms with Crippen LogP contribution >= 0.6 is 0 Å². The minimum absolute atomic E-state index is 0.545. The van der Waals surface area contributed by atoms with Crippen molar-refractivity contribution in [1.82, 2.24) is 9.97 Å². The lowest BCUT2D eigenvalue weighted by atomic mass is 10.2. The van der Waals surface area contributed by atoms with E-state index in [9.17, 15) is 0 Å². The number of nitrogen functional groups attached to an aromatic ring is 1. The predicted octanol–water partition coefficient (Wildman–Crippen LogP) is 2.30. The lowest BCUT2D eigenvalue weighted by Crippen LogP contribution is -1.88. The van der Waals surface area contributed by atoms with Gasteiger partial charge >= 0.3 is 0 Å². The first-order valence-corrected chi connectivity index (χ1v) is 4.47. The lowest BCUT2D eigenvalue weighted by molar-refractivity contribution is 1.35. The maximum absolute atomic E-state index is 5.61. The Labute approximate surface area is 80.6 Å². The smallest absolute Gasteiger partial charge is 0.140 e. The van der Waals surface area contributed by atoms with Crippen molar-refractivity contribution in [2.24, 2.45) is 0 Å². The molecule has 0 fully saturated rings. The number of para-hydroxylation sites is 1. The molecule has 3 nitrogen and oxygen atoms in total. The molecule has 2 heterocycles. The zero-order chi connectivity index (χ0) is 9.54. The number of nitrogens with one attached hydrogen (secondary N) is 1. The maximum Gasteiger partial charge on any atom is 0.140 e. The molecule has 0 spiro atoms. The maximum atomic E-state index is 5.61. The molecule has 0 unspecified atom stereocenters. The molecule has 0 aliphatic carbocycles. The number of H-pyrrole nitrogens is 1. The molecule has 3 N–H and O–H groups in total. The van der Waals surface area contributed by atoms with Gasteiger partial charge in [0.05, 0.1) is 0 Å². The fourth-order valence-corrected chi connectivity index (χ4v) is 1.74. The number of nitrogens with zero attached hydrogens (tertiary/aromatic N) is 1. The summed E-state index contributed by atoms with van der Waals surface area (Å²) >= 11 is 0. The van der Waals surface area contributed by atoms with Gasteiger partial charge in [-0.25, -0.2) is 4.98 Å². The molecule has 3 aromatic rings. The fourth-order valence-electron chi connectivity index (χ4n) is 1.74. The molecule has 0 radical (unpaired) electrons. The number of fused-ring (bicyclic) bond motifs is 3. The molecule has 14 heavy (non-hydrogen) atoms. The van der Waals surface area contributed by atoms with E-state index in [1.807, 2.05) is 30.3 Å². The molecule has 0 saturated heterocycles. The third kappa shape index (κ3) is 0.893. The summed E-state index contributed by atoms with van der Waals surface area (Å²) in [4.78, 5) is 7.46. The van der Waals surface area contributed by atoms with Gasteiger partial charge in [-0.05, 0) is 18.2 Å². The average molecular weight is 186 g/mol. The van der Waals surface area contributed by atoms with E-state index in [0.717, 1.165) is 16.6 Å². The molecule has 0 atom stereocenters. The van der Waals surface area contributed by atoms with Gasteiger partial charge in [0.1, 0.15) is 11.5 Å². The Hall–Kier alpha value is -2.03. The van der Waals surface area contributed by atoms with Gasteiger partial charge in [-0.2, -0.15) is 0 Å². The monoisotopic (exact) mass is 186 g/mol. The van der Waals surface area contributed by atoms with E-state index in [1.54, 1.807) is 0 Å². The summed E-state index contributed by atoms with van der Waals surface area (Å²) < 4.78 is 0. The van der Waals surface area contributed by atoms with Crippen LogP contribution in [0.25, 0.3) is 21.9 Å². The minimum atomic E-state index is 0.545. The van der Waals surface area contributed by atoms with Crippen molar-refractivity contribution in [2.45, 2.75) is 0 Å². The zero-order valence-electron chi connectivity index (χ0n) is 7.49. The van der Waals surface area contributed by atoms with Crippen LogP contribution in [0.5, 0.6) is 0 Å². The van der Waals surface area contributed by atoms with Crippen molar-refractivity contribution in [3.05, 3.63) is 36.4 Å². The molecule has 0 amide bonds. The first kappa shape index (κ1) is 7.38. The number of benzene rings is 1. The highest BCUT2D eigenvalue weighted by Gasteiger charge is 2.03. The molecular formula is C11H9N3. The summed E-state index contributed by atoms with van der Waals surface area (Å²) in [6.07, 6.45) is 0. The van der Waals surface area contributed by atoms with Crippen LogP contribution in [0.3, 0.4) is 0 Å². The number of hydrogen-bond acceptors (Lipinski definition) is 2. The van der Waals surface area contributed by atoms with Crippen molar-refractivity contribution >= 4 is 27.8 Å². The van der Waals surface area contributed by atoms with Gasteiger partial charge in [-0.1, -0.05) is 18.2 Å². The quantitative estimate of drug-likeness (QED) is 0.529. The van der Waals surface area contributed by atoms with Gasteiger partial charge in [0.15, 0.2) is 0 Å². The number of pyridine rings is 1. The van der Waals surface area contributed by atoms with E-state index in [-0.39, 0.29) is 0 Å². The van der Waals surface area contributed by atoms with Gasteiger partial charge in [-0.15, -0.1) is 0 Å². The summed E-state index contributed by atoms with van der Waals surface area (Å²) in [5, 5.41) is 2.31. The Bertz CT molecular complexity index is 610. The Morgan fingerprint density at radius 2 is 1.86 bits per heavy atom. The molecule has 0 saturated carbocycles. The van der Waals surface area contributed by atoms with Gasteiger partial charge < -0.3 is 10.7 Å². The summed E-state index contributed by atoms with van der Waals surface area (Å²) in [5.74, 6) is 0.545. The van der Waals surface area contributed by atoms with Crippen molar-refractivity contribution in [1.29, 1.82) is 0 Å². The second-order valence-electron chi connectivity index (χ2n) is 3.30. The van der Waals surface area contributed by atoms with Crippen LogP contribution in [0, 0.1) is 0 Å². The summed E-state index contributed by atoms with van der Waals surface area (Å²) in [7, 11) is 0. The van der Waals surface area contributed by atoms with Crippen molar-refractivity contribution < 1.29 is 0 Å². The van der Waals surface area contributed by atoms with E-state index >= 15 is 0 Å². The van der Waals surface area contributed by atoms with Crippen molar-refractivity contribution in [2.75, 3.05) is 5.73 Å². The molecular weight excluding hydrogens is 177 g/mol. The van der Waals surface area contributed by atoms with Crippen LogP contribution in [0.1, 0.15) is 0 Å². The number of anilines is 1. The molecule has 68 valence electrons. The van der Waals surface area contributed by atoms with E-state index in [4.69, 9.17) is 5.73 Å². The number of rotatable bonds is 0. The Morgan fingerprint density at radius 1 is 1.00 bits per heavy atom. The Kier molecular flexibility index (Phi) is 1.31. The van der Waals surface area contributed by atoms with E-state index in [0.29, 0.717) is 5.82 Å². The number of hydrogen-bond donors (Lipinski definition) is 2. The van der Waals surface area contributed by atoms with E-state index in [2.05, 4.69) is 16.0 Å². The first-order valence-electron chi connectivity index (χ1n) is 4.47. The molecule has 1 aromatic carbocycles. The van der Waals surface area contributed by atoms with Crippen LogP contribution in [-0.2, 0) is 0 Å². The summed E-state index contributed by atoms with van der Waals surface area (Å²) in [6, 6.07) is 11.9. The molecule has 3 heteroatoms. The van der Waals surface area contributed by atoms with Crippen molar-refractivity contribution in [3.8, 4) is 0 Å². The molecule has 2 aromatic heterocycles. The van der Waals surface area contributed by atoms with Gasteiger partial charge in [0.2, 0.25) is 0 Å². The Morgan fingerprint density at radius 3 is 2.79 bits per heavy atom. The highest BCUT2D eigenvalue weighted by Crippen LogP contribution is 2.23. The number of aromatic nitrogens is 2. The van der Waals surface area contributed by atoms with Gasteiger partial charge in [-0.3, -0.25) is 0 Å². The first-order chi connectivity index (χ1) is 6.84. The van der Waals surface area contributed by atoms with Gasteiger partial charge in [0.25, 0.3) is 0 Å². The standard InChI is InChI=1S/C11H9N3/c12-10-6-5-8-7-3-1-2-4-9(7)13-11(8)14-10/h1-6H,(H3,12,13,14)/i12+1,13+1,14+1. The molecule has 0 aliphatic rings. The highest BCUT2D eigenvalue weighted by molar-refractivity contribution is 6.05. The minimum Gasteiger partial charge on any atom is -0.384 e. The molecule has 3 rings (SSSR count). The normalized spacial score (nSPS) is 11.1. The largest absolute Gasteiger partial charge is 0.384 e. The number of aromatic amines is 1. The predicted molar refractivity (Wildman–Crippen MR) is 58.0 cm³/mol. The number of nitrogens with two attached hydrogens (primary N) is 1. The van der Waals surface area contributed by atoms with Crippen LogP contribution in [0.2, 0.25) is 0 Å². The molecule has 0 aliphatic heterocycles. The van der Waals surface area contributed by atoms with Crippen LogP contribution in [0.15, 0.2) is 36.4 Å². The van der Waals surface area contributed by atoms with Crippen LogP contribution < -0.4 is 5.73 Å². The van der Waals surface area contributed by atoms with E-state index in [1.165, 1.54) is 5.39 Å². The third-order valence-corrected chi connectivity index (χ3v) is 2.39. The second kappa shape index (κ2) is 2.48. The topological polar surface area (TPSA) is 54.7 Å². The second-order valence-corrected chi connectivity index (χ2v) is 3.30. The van der Waals surface area contributed by atoms with Crippen LogP contribution in [-0.4, -0.2) is 9.97 Å². The van der Waals surface area contributed by atoms with Crippen molar-refractivity contribution in [3.63, 3.8) is 0 Å². The Balaban J connectivity index is 2.57. The average Bonchev–Trinajstić information content (AvgIpc) is 2.54. The zero-order valence-corrected chi connectivity index (χ0v) is 7.49. The molecule has 0 bridgehead atoms. The van der Waals surface area contributed by atoms with E-state index < -0.39 is 0 Å². The summed E-state index contributed by atoms with van der Waals surface area (Å²) in [5.41, 5.74) is 7.57. The third-order valence-electron chi connectivity index (χ3n) is 2.39. The fraction of sp³-hybridized carbons (Fsp3) is 0.